The maximum Gasteiger partial charge on any atom is 0.326 e. The molecule has 0 radical (unpaired) electrons. The molecular weight excluding hydrogens is 1090 g/mol. The lowest BCUT2D eigenvalue weighted by Crippen LogP contribution is -2.60. The molecule has 0 spiro atoms. The van der Waals surface area contributed by atoms with Crippen LogP contribution in [0.15, 0.2) is 29.3 Å². The summed E-state index contributed by atoms with van der Waals surface area (Å²) in [5.41, 5.74) is 18.5. The first-order valence-electron chi connectivity index (χ1n) is 26.7. The first-order chi connectivity index (χ1) is 38.6. The Hall–Kier alpha value is -7.31. The molecule has 1 saturated heterocycles. The van der Waals surface area contributed by atoms with Crippen LogP contribution in [0.5, 0.6) is 11.5 Å². The lowest BCUT2D eigenvalue weighted by atomic mass is 9.84. The summed E-state index contributed by atoms with van der Waals surface area (Å²) < 4.78 is 0. The molecule has 454 valence electrons. The highest BCUT2D eigenvalue weighted by atomic mass is 32.2. The lowest BCUT2D eigenvalue weighted by Gasteiger charge is -2.33. The van der Waals surface area contributed by atoms with Gasteiger partial charge in [-0.3, -0.25) is 43.3 Å². The summed E-state index contributed by atoms with van der Waals surface area (Å²) in [6, 6.07) is -4.71. The third-order valence-corrected chi connectivity index (χ3v) is 16.6. The second-order valence-electron chi connectivity index (χ2n) is 20.8. The van der Waals surface area contributed by atoms with Crippen LogP contribution in [0.4, 0.5) is 0 Å². The van der Waals surface area contributed by atoms with Crippen molar-refractivity contribution in [3.05, 3.63) is 57.6 Å². The van der Waals surface area contributed by atoms with Gasteiger partial charge in [-0.05, 0) is 91.8 Å². The number of nitrogens with zero attached hydrogens (tertiary/aromatic N) is 2. The van der Waals surface area contributed by atoms with Gasteiger partial charge in [0, 0.05) is 48.1 Å². The zero-order chi connectivity index (χ0) is 61.3. The molecular formula is C53H79N11O17S. The first-order valence-corrected chi connectivity index (χ1v) is 27.8. The Morgan fingerprint density at radius 3 is 2.07 bits per heavy atom. The highest BCUT2D eigenvalue weighted by Gasteiger charge is 2.53. The third-order valence-electron chi connectivity index (χ3n) is 14.9. The summed E-state index contributed by atoms with van der Waals surface area (Å²) in [6.45, 7) is 5.86. The van der Waals surface area contributed by atoms with Crippen molar-refractivity contribution in [3.8, 4) is 11.5 Å². The minimum atomic E-state index is -1.74. The number of carbonyl (C=O) groups excluding carboxylic acids is 7. The molecule has 4 rings (SSSR count). The molecule has 1 heterocycles. The van der Waals surface area contributed by atoms with Crippen molar-refractivity contribution in [2.24, 2.45) is 33.5 Å². The number of amides is 7. The number of aromatic hydroxyl groups is 2. The van der Waals surface area contributed by atoms with E-state index in [-0.39, 0.29) is 81.4 Å². The largest absolute Gasteiger partial charge is 0.508 e. The van der Waals surface area contributed by atoms with Crippen LogP contribution in [0.2, 0.25) is 0 Å². The number of carboxylic acids is 2. The van der Waals surface area contributed by atoms with Gasteiger partial charge in [0.05, 0.1) is 38.3 Å². The topological polar surface area (TPSA) is 481 Å². The van der Waals surface area contributed by atoms with E-state index in [4.69, 9.17) is 17.2 Å². The number of aliphatic imine (C=N–C) groups is 1. The van der Waals surface area contributed by atoms with Crippen LogP contribution in [-0.2, 0) is 56.0 Å². The molecule has 1 fully saturated rings. The minimum absolute atomic E-state index is 0.0419. The molecule has 11 atom stereocenters. The Bertz CT molecular complexity index is 2680. The number of aliphatic hydroxyl groups is 4. The maximum absolute atomic E-state index is 14.3. The maximum atomic E-state index is 14.3. The van der Waals surface area contributed by atoms with Crippen molar-refractivity contribution in [1.82, 2.24) is 36.8 Å². The predicted octanol–water partition coefficient (Wildman–Crippen LogP) is -3.18. The van der Waals surface area contributed by atoms with E-state index in [0.717, 1.165) is 16.7 Å². The van der Waals surface area contributed by atoms with Crippen LogP contribution in [0.1, 0.15) is 104 Å². The second-order valence-corrected chi connectivity index (χ2v) is 21.9. The average molecular weight is 1170 g/mol. The van der Waals surface area contributed by atoms with E-state index >= 15 is 0 Å². The van der Waals surface area contributed by atoms with Gasteiger partial charge in [0.25, 0.3) is 0 Å². The number of nitrogens with two attached hydrogens (primary N) is 3. The van der Waals surface area contributed by atoms with E-state index in [1.54, 1.807) is 34.6 Å². The fraction of sp³-hybridized carbons (Fsp3) is 0.585. The monoisotopic (exact) mass is 1170 g/mol. The van der Waals surface area contributed by atoms with Crippen LogP contribution >= 0.6 is 11.8 Å². The number of fused-ring (bicyclic) bond motifs is 1. The molecule has 1 aliphatic carbocycles. The Kier molecular flexibility index (Phi) is 25.1. The predicted molar refractivity (Wildman–Crippen MR) is 297 cm³/mol. The number of nitrogens with one attached hydrogen (secondary N) is 6. The highest BCUT2D eigenvalue weighted by molar-refractivity contribution is 7.99. The molecule has 82 heavy (non-hydrogen) atoms. The van der Waals surface area contributed by atoms with Gasteiger partial charge in [0.1, 0.15) is 47.8 Å². The van der Waals surface area contributed by atoms with Crippen molar-refractivity contribution in [2.75, 3.05) is 45.2 Å². The molecule has 2 aliphatic rings. The number of aliphatic hydroxyl groups excluding tert-OH is 4. The van der Waals surface area contributed by atoms with Gasteiger partial charge in [-0.1, -0.05) is 39.3 Å². The van der Waals surface area contributed by atoms with Crippen LogP contribution in [0, 0.1) is 25.2 Å². The SMILES string of the molecule is CC[C@H](C)[C@H](NC(=O)[C@H](Cc1ccc(O)cc1)NC(=O)[C@@H]1CCCN1C(=O)[C@H](CC(=O)O)NC(=O)[C@@H](N)CS[C@@H]1c2c(O)c(C)c(CCO)c(C)c2[C@@H](O)[C@]1(C)CO)C(=O)NCC(=O)N[C@@H](CO)C(=O)N[C@@H](CCCN=C(N)N)C(=O)O. The van der Waals surface area contributed by atoms with E-state index in [9.17, 15) is 84.0 Å². The van der Waals surface area contributed by atoms with Gasteiger partial charge < -0.3 is 94.9 Å². The van der Waals surface area contributed by atoms with Crippen LogP contribution in [0.25, 0.3) is 0 Å². The number of likely N-dealkylation sites (tertiary alicyclic amines) is 1. The molecule has 1 aliphatic heterocycles. The molecule has 2 aromatic carbocycles. The molecule has 20 N–H and O–H groups in total. The number of guanidine groups is 1. The van der Waals surface area contributed by atoms with Crippen LogP contribution in [0.3, 0.4) is 0 Å². The summed E-state index contributed by atoms with van der Waals surface area (Å²) in [5.74, 6) is -10.7. The molecule has 2 aromatic rings. The zero-order valence-corrected chi connectivity index (χ0v) is 47.3. The number of rotatable bonds is 31. The standard InChI is InChI=1S/C53H79N11O17S/c1-6-25(2)41(49(78)58-21-37(69)59-35(22-66)47(76)60-32(51(80)81)9-7-16-57-52(55)56)63-46(75)33(19-28-11-13-29(68)14-12-28)61-48(77)36-10-8-17-64(36)50(79)34(20-38(70)71)62-45(74)31(54)23-82-44-40-39(43(73)53(44,5)24-67)26(3)30(15-18-65)27(4)42(40)72/h11-14,25,31-36,41,43-44,65-68,72-73H,6-10,15-24,54H2,1-5H3,(H,58,78)(H,59,69)(H,60,76)(H,61,77)(H,62,74)(H,63,75)(H,70,71)(H,80,81)(H4,55,56,57)/t25-,31-,32-,33-,34-,35-,36-,41-,43+,44+,53-/m0/s1. The summed E-state index contributed by atoms with van der Waals surface area (Å²) in [4.78, 5) is 125. The Labute approximate surface area is 477 Å². The van der Waals surface area contributed by atoms with Crippen molar-refractivity contribution >= 4 is 71.0 Å². The normalized spacial score (nSPS) is 19.9. The zero-order valence-electron chi connectivity index (χ0n) is 46.5. The van der Waals surface area contributed by atoms with Gasteiger partial charge in [0.2, 0.25) is 41.4 Å². The highest BCUT2D eigenvalue weighted by Crippen LogP contribution is 2.62. The van der Waals surface area contributed by atoms with Gasteiger partial charge in [0.15, 0.2) is 5.96 Å². The number of phenolic OH excluding ortho intramolecular Hbond substituents is 2. The van der Waals surface area contributed by atoms with Crippen molar-refractivity contribution in [3.63, 3.8) is 0 Å². The summed E-state index contributed by atoms with van der Waals surface area (Å²) in [7, 11) is 0. The Morgan fingerprint density at radius 2 is 1.49 bits per heavy atom. The van der Waals surface area contributed by atoms with Crippen LogP contribution < -0.4 is 49.1 Å². The first kappa shape index (κ1) is 67.2. The fourth-order valence-electron chi connectivity index (χ4n) is 9.95. The minimum Gasteiger partial charge on any atom is -0.508 e. The molecule has 0 unspecified atom stereocenters. The summed E-state index contributed by atoms with van der Waals surface area (Å²) in [5, 5.41) is 96.3. The molecule has 7 amide bonds. The van der Waals surface area contributed by atoms with E-state index in [0.29, 0.717) is 39.8 Å². The number of hydrogen-bond acceptors (Lipinski definition) is 18. The second kappa shape index (κ2) is 30.7. The fourth-order valence-corrected chi connectivity index (χ4v) is 11.5. The van der Waals surface area contributed by atoms with Crippen molar-refractivity contribution in [1.29, 1.82) is 0 Å². The number of hydrogen-bond donors (Lipinski definition) is 17. The summed E-state index contributed by atoms with van der Waals surface area (Å²) >= 11 is 1.05. The van der Waals surface area contributed by atoms with Crippen molar-refractivity contribution < 1.29 is 84.0 Å². The number of thioether (sulfide) groups is 1. The van der Waals surface area contributed by atoms with Gasteiger partial charge in [-0.2, -0.15) is 11.8 Å². The molecule has 0 aromatic heterocycles. The Balaban J connectivity index is 1.48. The summed E-state index contributed by atoms with van der Waals surface area (Å²) in [6.07, 6.45) is -1.56. The quantitative estimate of drug-likeness (QED) is 0.0201. The van der Waals surface area contributed by atoms with Crippen molar-refractivity contribution in [2.45, 2.75) is 140 Å². The van der Waals surface area contributed by atoms with Gasteiger partial charge >= 0.3 is 11.9 Å². The average Bonchev–Trinajstić information content (AvgIpc) is 4.04. The van der Waals surface area contributed by atoms with Gasteiger partial charge in [-0.25, -0.2) is 4.79 Å². The van der Waals surface area contributed by atoms with E-state index in [1.807, 2.05) is 0 Å². The van der Waals surface area contributed by atoms with E-state index < -0.39 is 144 Å². The van der Waals surface area contributed by atoms with E-state index in [2.05, 4.69) is 36.9 Å². The number of benzene rings is 2. The third kappa shape index (κ3) is 17.1. The smallest absolute Gasteiger partial charge is 0.326 e. The molecule has 28 nitrogen and oxygen atoms in total. The number of phenols is 2. The molecule has 0 saturated carbocycles. The Morgan fingerprint density at radius 1 is 0.841 bits per heavy atom. The number of carboxylic acid groups (broad SMARTS) is 2. The molecule has 29 heteroatoms. The van der Waals surface area contributed by atoms with E-state index in [1.165, 1.54) is 24.3 Å². The number of aliphatic carboxylic acids is 2. The number of carbonyl (C=O) groups is 9. The van der Waals surface area contributed by atoms with Crippen LogP contribution in [-0.4, -0.2) is 193 Å². The van der Waals surface area contributed by atoms with Gasteiger partial charge in [-0.15, -0.1) is 0 Å². The molecule has 0 bridgehead atoms. The lowest BCUT2D eigenvalue weighted by molar-refractivity contribution is -0.146.